The van der Waals surface area contributed by atoms with Crippen molar-refractivity contribution < 1.29 is 24.2 Å². The number of piperidine rings is 1. The van der Waals surface area contributed by atoms with E-state index in [1.165, 1.54) is 11.3 Å². The lowest BCUT2D eigenvalue weighted by Gasteiger charge is -2.29. The molecule has 2 amide bonds. The Morgan fingerprint density at radius 1 is 1.12 bits per heavy atom. The van der Waals surface area contributed by atoms with E-state index in [4.69, 9.17) is 21.3 Å². The molecule has 3 aromatic rings. The molecule has 0 radical (unpaired) electrons. The lowest BCUT2D eigenvalue weighted by atomic mass is 9.86. The predicted molar refractivity (Wildman–Crippen MR) is 166 cm³/mol. The summed E-state index contributed by atoms with van der Waals surface area (Å²) in [5, 5.41) is 12.7. The third kappa shape index (κ3) is 6.92. The van der Waals surface area contributed by atoms with Gasteiger partial charge in [0.1, 0.15) is 5.82 Å². The van der Waals surface area contributed by atoms with Crippen molar-refractivity contribution >= 4 is 51.7 Å². The summed E-state index contributed by atoms with van der Waals surface area (Å²) in [5.41, 5.74) is 3.25. The van der Waals surface area contributed by atoms with Crippen molar-refractivity contribution in [3.63, 3.8) is 0 Å². The van der Waals surface area contributed by atoms with E-state index in [0.29, 0.717) is 54.3 Å². The number of carbonyl (C=O) groups is 3. The maximum absolute atomic E-state index is 13.9. The number of thiazole rings is 1. The van der Waals surface area contributed by atoms with Crippen molar-refractivity contribution in [3.05, 3.63) is 46.9 Å². The van der Waals surface area contributed by atoms with E-state index in [9.17, 15) is 19.5 Å². The first kappa shape index (κ1) is 29.7. The van der Waals surface area contributed by atoms with E-state index >= 15 is 0 Å². The van der Waals surface area contributed by atoms with Crippen molar-refractivity contribution in [2.75, 3.05) is 29.6 Å². The van der Waals surface area contributed by atoms with Gasteiger partial charge in [0.05, 0.1) is 12.1 Å². The zero-order valence-corrected chi connectivity index (χ0v) is 25.5. The monoisotopic (exact) mass is 622 g/mol. The maximum Gasteiger partial charge on any atom is 0.304 e. The highest BCUT2D eigenvalue weighted by Gasteiger charge is 2.40. The first-order valence-electron chi connectivity index (χ1n) is 15.0. The van der Waals surface area contributed by atoms with Crippen LogP contribution in [0.5, 0.6) is 0 Å². The number of hydrogen-bond donors (Lipinski definition) is 1. The van der Waals surface area contributed by atoms with Gasteiger partial charge in [0.2, 0.25) is 11.8 Å². The van der Waals surface area contributed by atoms with Gasteiger partial charge >= 0.3 is 5.97 Å². The molecule has 11 heteroatoms. The second-order valence-electron chi connectivity index (χ2n) is 11.6. The van der Waals surface area contributed by atoms with Crippen LogP contribution >= 0.6 is 22.9 Å². The summed E-state index contributed by atoms with van der Waals surface area (Å²) >= 11 is 7.83. The lowest BCUT2D eigenvalue weighted by molar-refractivity contribution is -0.141. The molecule has 43 heavy (non-hydrogen) atoms. The SMILES string of the molecule is O=C(O)CC(CC1CCOCC1)C(=O)N(c1nc(-c2cc(Cl)ccc2-c2ccc(N3CCCCC3=O)nc2)cs1)C1CC1. The molecule has 1 atom stereocenters. The lowest BCUT2D eigenvalue weighted by Crippen LogP contribution is -2.40. The predicted octanol–water partition coefficient (Wildman–Crippen LogP) is 6.45. The molecule has 2 aromatic heterocycles. The van der Waals surface area contributed by atoms with Crippen LogP contribution in [0.3, 0.4) is 0 Å². The molecule has 4 heterocycles. The highest BCUT2D eigenvalue weighted by atomic mass is 35.5. The number of carboxylic acid groups (broad SMARTS) is 1. The van der Waals surface area contributed by atoms with Crippen LogP contribution in [0.15, 0.2) is 41.9 Å². The number of ether oxygens (including phenoxy) is 1. The normalized spacial score (nSPS) is 18.4. The average Bonchev–Trinajstić information content (AvgIpc) is 3.73. The largest absolute Gasteiger partial charge is 0.481 e. The Labute approximate surface area is 259 Å². The number of pyridine rings is 1. The number of halogens is 1. The fourth-order valence-corrected chi connectivity index (χ4v) is 7.13. The Bertz CT molecular complexity index is 1490. The highest BCUT2D eigenvalue weighted by molar-refractivity contribution is 7.14. The second-order valence-corrected chi connectivity index (χ2v) is 12.9. The van der Waals surface area contributed by atoms with Crippen LogP contribution in [0.1, 0.15) is 57.8 Å². The summed E-state index contributed by atoms with van der Waals surface area (Å²) in [6.07, 6.45) is 7.98. The first-order chi connectivity index (χ1) is 20.9. The standard InChI is InChI=1S/C32H35ClN4O5S/c33-23-5-8-25(21-4-9-28(34-18-21)36-12-2-1-3-29(36)38)26(17-23)27-19-43-32(35-27)37(24-6-7-24)31(41)22(16-30(39)40)15-20-10-13-42-14-11-20/h4-5,8-9,17-20,22,24H,1-3,6-7,10-16H2,(H,39,40). The molecule has 6 rings (SSSR count). The number of anilines is 2. The molecular weight excluding hydrogens is 588 g/mol. The van der Waals surface area contributed by atoms with Gasteiger partial charge in [-0.2, -0.15) is 0 Å². The molecule has 1 saturated carbocycles. The van der Waals surface area contributed by atoms with Gasteiger partial charge in [0, 0.05) is 65.9 Å². The van der Waals surface area contributed by atoms with Crippen LogP contribution in [-0.4, -0.2) is 58.7 Å². The average molecular weight is 623 g/mol. The van der Waals surface area contributed by atoms with Gasteiger partial charge in [-0.25, -0.2) is 9.97 Å². The Morgan fingerprint density at radius 3 is 2.63 bits per heavy atom. The Morgan fingerprint density at radius 2 is 1.93 bits per heavy atom. The number of nitrogens with zero attached hydrogens (tertiary/aromatic N) is 4. The van der Waals surface area contributed by atoms with E-state index < -0.39 is 11.9 Å². The Hall–Kier alpha value is -3.34. The van der Waals surface area contributed by atoms with Gasteiger partial charge in [-0.3, -0.25) is 24.2 Å². The number of rotatable bonds is 10. The minimum absolute atomic E-state index is 0.0329. The molecule has 2 aliphatic heterocycles. The van der Waals surface area contributed by atoms with Gasteiger partial charge < -0.3 is 9.84 Å². The molecule has 1 aliphatic carbocycles. The molecule has 2 saturated heterocycles. The summed E-state index contributed by atoms with van der Waals surface area (Å²) in [6, 6.07) is 9.47. The second kappa shape index (κ2) is 13.1. The summed E-state index contributed by atoms with van der Waals surface area (Å²) in [7, 11) is 0. The van der Waals surface area contributed by atoms with Crippen molar-refractivity contribution in [1.29, 1.82) is 0 Å². The molecule has 1 N–H and O–H groups in total. The van der Waals surface area contributed by atoms with E-state index in [2.05, 4.69) is 4.98 Å². The molecule has 1 unspecified atom stereocenters. The molecule has 3 fully saturated rings. The molecular formula is C32H35ClN4O5S. The molecule has 0 bridgehead atoms. The number of carboxylic acids is 1. The number of hydrogen-bond acceptors (Lipinski definition) is 7. The fourth-order valence-electron chi connectivity index (χ4n) is 6.06. The quantitative estimate of drug-likeness (QED) is 0.277. The van der Waals surface area contributed by atoms with Crippen LogP contribution in [0.4, 0.5) is 10.9 Å². The zero-order chi connectivity index (χ0) is 29.9. The van der Waals surface area contributed by atoms with Crippen LogP contribution < -0.4 is 9.80 Å². The van der Waals surface area contributed by atoms with Crippen LogP contribution in [-0.2, 0) is 19.1 Å². The molecule has 226 valence electrons. The van der Waals surface area contributed by atoms with Crippen molar-refractivity contribution in [1.82, 2.24) is 9.97 Å². The van der Waals surface area contributed by atoms with Gasteiger partial charge in [0.15, 0.2) is 5.13 Å². The van der Waals surface area contributed by atoms with Crippen molar-refractivity contribution in [3.8, 4) is 22.4 Å². The fraction of sp³-hybridized carbons (Fsp3) is 0.469. The maximum atomic E-state index is 13.9. The summed E-state index contributed by atoms with van der Waals surface area (Å²) in [6.45, 7) is 1.98. The highest BCUT2D eigenvalue weighted by Crippen LogP contribution is 2.41. The summed E-state index contributed by atoms with van der Waals surface area (Å²) < 4.78 is 5.47. The third-order valence-corrected chi connectivity index (χ3v) is 9.57. The third-order valence-electron chi connectivity index (χ3n) is 8.49. The Kier molecular flexibility index (Phi) is 9.06. The van der Waals surface area contributed by atoms with Crippen molar-refractivity contribution in [2.45, 2.75) is 63.8 Å². The van der Waals surface area contributed by atoms with Gasteiger partial charge in [-0.15, -0.1) is 11.3 Å². The minimum Gasteiger partial charge on any atom is -0.481 e. The van der Waals surface area contributed by atoms with Gasteiger partial charge in [-0.05, 0) is 80.7 Å². The Balaban J connectivity index is 1.27. The van der Waals surface area contributed by atoms with Crippen LogP contribution in [0.25, 0.3) is 22.4 Å². The zero-order valence-electron chi connectivity index (χ0n) is 23.9. The first-order valence-corrected chi connectivity index (χ1v) is 16.3. The van der Waals surface area contributed by atoms with Gasteiger partial charge in [-0.1, -0.05) is 17.7 Å². The van der Waals surface area contributed by atoms with E-state index in [1.807, 2.05) is 35.7 Å². The summed E-state index contributed by atoms with van der Waals surface area (Å²) in [4.78, 5) is 51.1. The van der Waals surface area contributed by atoms with Gasteiger partial charge in [0.25, 0.3) is 0 Å². The molecule has 1 aromatic carbocycles. The van der Waals surface area contributed by atoms with E-state index in [0.717, 1.165) is 55.2 Å². The number of aliphatic carboxylic acids is 1. The molecule has 0 spiro atoms. The topological polar surface area (TPSA) is 113 Å². The summed E-state index contributed by atoms with van der Waals surface area (Å²) in [5.74, 6) is -0.704. The minimum atomic E-state index is -0.964. The molecule has 9 nitrogen and oxygen atoms in total. The molecule has 3 aliphatic rings. The number of aromatic nitrogens is 2. The number of benzene rings is 1. The smallest absolute Gasteiger partial charge is 0.304 e. The van der Waals surface area contributed by atoms with Crippen molar-refractivity contribution in [2.24, 2.45) is 11.8 Å². The van der Waals surface area contributed by atoms with E-state index in [-0.39, 0.29) is 30.2 Å². The van der Waals surface area contributed by atoms with Crippen LogP contribution in [0, 0.1) is 11.8 Å². The number of carbonyl (C=O) groups excluding carboxylic acids is 2. The van der Waals surface area contributed by atoms with Crippen LogP contribution in [0.2, 0.25) is 5.02 Å². The van der Waals surface area contributed by atoms with E-state index in [1.54, 1.807) is 16.0 Å². The number of amides is 2.